The van der Waals surface area contributed by atoms with Gasteiger partial charge in [0.2, 0.25) is 0 Å². The van der Waals surface area contributed by atoms with Crippen LogP contribution in [0.1, 0.15) is 101 Å². The van der Waals surface area contributed by atoms with Gasteiger partial charge in [-0.15, -0.1) is 10.0 Å². The van der Waals surface area contributed by atoms with Crippen LogP contribution in [0.3, 0.4) is 0 Å². The molecule has 0 saturated heterocycles. The predicted octanol–water partition coefficient (Wildman–Crippen LogP) is 11.5. The molecular formula is C36H40S. The molecule has 4 aromatic rings. The minimum atomic E-state index is -1.59. The van der Waals surface area contributed by atoms with E-state index in [1.807, 2.05) is 0 Å². The second kappa shape index (κ2) is 8.63. The largest absolute Gasteiger partial charge is 0.130 e. The Labute approximate surface area is 225 Å². The van der Waals surface area contributed by atoms with Crippen LogP contribution in [-0.4, -0.2) is 0 Å². The lowest BCUT2D eigenvalue weighted by molar-refractivity contribution is 0.860. The maximum atomic E-state index is 2.58. The quantitative estimate of drug-likeness (QED) is 0.224. The number of hydrogen-bond acceptors (Lipinski definition) is 0. The van der Waals surface area contributed by atoms with E-state index in [2.05, 4.69) is 128 Å². The minimum absolute atomic E-state index is 0.501. The molecule has 1 spiro atoms. The van der Waals surface area contributed by atoms with Crippen LogP contribution in [0.25, 0.3) is 22.3 Å². The monoisotopic (exact) mass is 504 g/mol. The van der Waals surface area contributed by atoms with Crippen molar-refractivity contribution in [1.82, 2.24) is 0 Å². The molecule has 2 aliphatic heterocycles. The molecule has 0 amide bonds. The van der Waals surface area contributed by atoms with Gasteiger partial charge in [-0.05, 0) is 92.4 Å². The van der Waals surface area contributed by atoms with Crippen LogP contribution in [0.2, 0.25) is 0 Å². The summed E-state index contributed by atoms with van der Waals surface area (Å²) in [5.41, 5.74) is 11.5. The van der Waals surface area contributed by atoms with Crippen LogP contribution in [0.5, 0.6) is 0 Å². The molecule has 0 atom stereocenters. The van der Waals surface area contributed by atoms with E-state index < -0.39 is 10.0 Å². The van der Waals surface area contributed by atoms with Crippen LogP contribution in [-0.2, 0) is 0 Å². The summed E-state index contributed by atoms with van der Waals surface area (Å²) in [6.45, 7) is 18.6. The molecule has 6 rings (SSSR count). The second-order valence-electron chi connectivity index (χ2n) is 12.3. The van der Waals surface area contributed by atoms with Crippen molar-refractivity contribution in [3.63, 3.8) is 0 Å². The molecule has 0 aromatic heterocycles. The lowest BCUT2D eigenvalue weighted by Gasteiger charge is -2.37. The Bertz CT molecular complexity index is 1300. The Morgan fingerprint density at radius 3 is 0.757 bits per heavy atom. The fourth-order valence-electron chi connectivity index (χ4n) is 6.21. The average Bonchev–Trinajstić information content (AvgIpc) is 3.33. The third-order valence-electron chi connectivity index (χ3n) is 8.59. The van der Waals surface area contributed by atoms with E-state index in [4.69, 9.17) is 0 Å². The van der Waals surface area contributed by atoms with E-state index in [1.54, 1.807) is 19.6 Å². The van der Waals surface area contributed by atoms with E-state index in [9.17, 15) is 0 Å². The molecule has 0 nitrogen and oxygen atoms in total. The van der Waals surface area contributed by atoms with E-state index in [0.29, 0.717) is 23.7 Å². The molecule has 2 heterocycles. The highest BCUT2D eigenvalue weighted by Gasteiger charge is 2.48. The van der Waals surface area contributed by atoms with Gasteiger partial charge in [0.15, 0.2) is 0 Å². The van der Waals surface area contributed by atoms with Crippen molar-refractivity contribution in [2.75, 3.05) is 0 Å². The summed E-state index contributed by atoms with van der Waals surface area (Å²) in [5, 5.41) is 0. The molecule has 190 valence electrons. The molecule has 2 aliphatic rings. The fourth-order valence-corrected chi connectivity index (χ4v) is 10.9. The average molecular weight is 505 g/mol. The molecule has 0 aliphatic carbocycles. The van der Waals surface area contributed by atoms with Crippen molar-refractivity contribution in [2.24, 2.45) is 0 Å². The van der Waals surface area contributed by atoms with Gasteiger partial charge in [0.05, 0.1) is 0 Å². The molecule has 0 unspecified atom stereocenters. The summed E-state index contributed by atoms with van der Waals surface area (Å²) in [6.07, 6.45) is 0. The number of benzene rings is 4. The van der Waals surface area contributed by atoms with E-state index >= 15 is 0 Å². The SMILES string of the molecule is CC(C)c1ccc2c(c1)S1(c3cc(C(C)C)ccc3-2)c2cc(C(C)C)ccc2-c2ccc(C(C)C)cc21. The van der Waals surface area contributed by atoms with E-state index in [1.165, 1.54) is 44.5 Å². The first kappa shape index (κ1) is 24.6. The number of fused-ring (bicyclic) bond motifs is 10. The summed E-state index contributed by atoms with van der Waals surface area (Å²) in [4.78, 5) is 6.21. The van der Waals surface area contributed by atoms with E-state index in [0.717, 1.165) is 0 Å². The zero-order valence-electron chi connectivity index (χ0n) is 23.6. The van der Waals surface area contributed by atoms with Crippen molar-refractivity contribution < 1.29 is 0 Å². The van der Waals surface area contributed by atoms with Crippen molar-refractivity contribution >= 4 is 10.0 Å². The Kier molecular flexibility index (Phi) is 5.73. The lowest BCUT2D eigenvalue weighted by atomic mass is 9.96. The molecule has 0 saturated carbocycles. The number of hydrogen-bond donors (Lipinski definition) is 0. The summed E-state index contributed by atoms with van der Waals surface area (Å²) in [5.74, 6) is 2.00. The van der Waals surface area contributed by atoms with Gasteiger partial charge >= 0.3 is 0 Å². The topological polar surface area (TPSA) is 0 Å². The van der Waals surface area contributed by atoms with Gasteiger partial charge in [-0.2, -0.15) is 0 Å². The number of rotatable bonds is 4. The Morgan fingerprint density at radius 2 is 0.568 bits per heavy atom. The van der Waals surface area contributed by atoms with Gasteiger partial charge in [-0.25, -0.2) is 0 Å². The highest BCUT2D eigenvalue weighted by molar-refractivity contribution is 8.34. The first-order valence-corrected chi connectivity index (χ1v) is 15.7. The van der Waals surface area contributed by atoms with Crippen molar-refractivity contribution in [1.29, 1.82) is 0 Å². The standard InChI is InChI=1S/C36H40S/c1-21(2)25-9-13-29-30-14-10-26(22(3)4)18-34(30)37(33(29)17-25)35-19-27(23(5)6)11-15-31(35)32-16-12-28(24(7)8)20-36(32)37/h9-24H,1-8H3. The summed E-state index contributed by atoms with van der Waals surface area (Å²) in [7, 11) is -1.59. The smallest absolute Gasteiger partial charge is 0.0105 e. The Hall–Kier alpha value is -2.77. The van der Waals surface area contributed by atoms with Crippen molar-refractivity contribution in [3.05, 3.63) is 95.1 Å². The van der Waals surface area contributed by atoms with Gasteiger partial charge in [0, 0.05) is 19.6 Å². The van der Waals surface area contributed by atoms with Crippen LogP contribution >= 0.6 is 10.0 Å². The maximum Gasteiger partial charge on any atom is 0.0105 e. The van der Waals surface area contributed by atoms with Gasteiger partial charge < -0.3 is 0 Å². The molecule has 0 fully saturated rings. The molecule has 37 heavy (non-hydrogen) atoms. The molecule has 4 aromatic carbocycles. The minimum Gasteiger partial charge on any atom is -0.130 e. The Balaban J connectivity index is 1.81. The zero-order valence-corrected chi connectivity index (χ0v) is 24.5. The van der Waals surface area contributed by atoms with Crippen LogP contribution in [0.4, 0.5) is 0 Å². The first-order valence-electron chi connectivity index (χ1n) is 14.0. The molecule has 0 N–H and O–H groups in total. The van der Waals surface area contributed by atoms with Crippen LogP contribution in [0, 0.1) is 0 Å². The lowest BCUT2D eigenvalue weighted by Crippen LogP contribution is -2.02. The van der Waals surface area contributed by atoms with Gasteiger partial charge in [0.25, 0.3) is 0 Å². The summed E-state index contributed by atoms with van der Waals surface area (Å²) >= 11 is 0. The third-order valence-corrected chi connectivity index (χ3v) is 12.6. The molecule has 0 radical (unpaired) electrons. The molecule has 0 bridgehead atoms. The maximum absolute atomic E-state index is 2.58. The highest BCUT2D eigenvalue weighted by atomic mass is 32.3. The second-order valence-corrected chi connectivity index (χ2v) is 15.2. The normalized spacial score (nSPS) is 15.5. The van der Waals surface area contributed by atoms with Crippen LogP contribution in [0.15, 0.2) is 92.4 Å². The highest BCUT2D eigenvalue weighted by Crippen LogP contribution is 2.85. The van der Waals surface area contributed by atoms with Gasteiger partial charge in [-0.3, -0.25) is 0 Å². The van der Waals surface area contributed by atoms with E-state index in [-0.39, 0.29) is 0 Å². The molecule has 1 heteroatoms. The fraction of sp³-hybridized carbons (Fsp3) is 0.333. The summed E-state index contributed by atoms with van der Waals surface area (Å²) in [6, 6.07) is 29.5. The Morgan fingerprint density at radius 1 is 0.351 bits per heavy atom. The third kappa shape index (κ3) is 3.43. The van der Waals surface area contributed by atoms with Crippen molar-refractivity contribution in [2.45, 2.75) is 98.6 Å². The summed E-state index contributed by atoms with van der Waals surface area (Å²) < 4.78 is 0. The first-order chi connectivity index (χ1) is 17.6. The van der Waals surface area contributed by atoms with Crippen LogP contribution < -0.4 is 0 Å². The molecular weight excluding hydrogens is 464 g/mol. The van der Waals surface area contributed by atoms with Crippen molar-refractivity contribution in [3.8, 4) is 22.3 Å². The van der Waals surface area contributed by atoms with Gasteiger partial charge in [0.1, 0.15) is 0 Å². The zero-order chi connectivity index (χ0) is 26.2. The van der Waals surface area contributed by atoms with Gasteiger partial charge in [-0.1, -0.05) is 104 Å². The predicted molar refractivity (Wildman–Crippen MR) is 161 cm³/mol.